The first-order valence-corrected chi connectivity index (χ1v) is 7.24. The molecule has 0 radical (unpaired) electrons. The van der Waals surface area contributed by atoms with Crippen molar-refractivity contribution in [2.75, 3.05) is 13.6 Å². The van der Waals surface area contributed by atoms with Crippen LogP contribution < -0.4 is 0 Å². The smallest absolute Gasteiger partial charge is 0.335 e. The molecule has 0 unspecified atom stereocenters. The van der Waals surface area contributed by atoms with Gasteiger partial charge >= 0.3 is 5.97 Å². The van der Waals surface area contributed by atoms with Gasteiger partial charge in [0.2, 0.25) is 10.0 Å². The summed E-state index contributed by atoms with van der Waals surface area (Å²) in [5, 5.41) is 8.84. The van der Waals surface area contributed by atoms with Crippen molar-refractivity contribution < 1.29 is 18.3 Å². The highest BCUT2D eigenvalue weighted by molar-refractivity contribution is 7.88. The predicted molar refractivity (Wildman–Crippen MR) is 68.9 cm³/mol. The van der Waals surface area contributed by atoms with Crippen molar-refractivity contribution in [3.8, 4) is 0 Å². The Morgan fingerprint density at radius 1 is 1.39 bits per heavy atom. The number of hydrogen-bond donors (Lipinski definition) is 1. The molecule has 18 heavy (non-hydrogen) atoms. The van der Waals surface area contributed by atoms with Gasteiger partial charge in [0.1, 0.15) is 0 Å². The molecule has 0 saturated heterocycles. The van der Waals surface area contributed by atoms with E-state index in [1.165, 1.54) is 23.5 Å². The molecule has 1 aromatic rings. The number of carboxylic acids is 1. The van der Waals surface area contributed by atoms with Crippen molar-refractivity contribution in [2.24, 2.45) is 0 Å². The lowest BCUT2D eigenvalue weighted by molar-refractivity contribution is 0.0696. The Bertz CT molecular complexity index is 525. The van der Waals surface area contributed by atoms with Crippen LogP contribution in [0.5, 0.6) is 0 Å². The van der Waals surface area contributed by atoms with Crippen molar-refractivity contribution in [3.05, 3.63) is 35.4 Å². The third-order valence-corrected chi connectivity index (χ3v) is 4.37. The lowest BCUT2D eigenvalue weighted by Crippen LogP contribution is -2.28. The van der Waals surface area contributed by atoms with E-state index in [-0.39, 0.29) is 11.3 Å². The largest absolute Gasteiger partial charge is 0.478 e. The number of benzene rings is 1. The fourth-order valence-corrected chi connectivity index (χ4v) is 2.85. The molecule has 100 valence electrons. The van der Waals surface area contributed by atoms with Gasteiger partial charge in [0.15, 0.2) is 0 Å². The zero-order chi connectivity index (χ0) is 13.8. The zero-order valence-corrected chi connectivity index (χ0v) is 11.3. The number of carboxylic acid groups (broad SMARTS) is 1. The molecule has 0 aromatic heterocycles. The summed E-state index contributed by atoms with van der Waals surface area (Å²) in [6.45, 7) is 2.36. The summed E-state index contributed by atoms with van der Waals surface area (Å²) in [5.41, 5.74) is 0.582. The molecule has 6 heteroatoms. The van der Waals surface area contributed by atoms with Crippen molar-refractivity contribution >= 4 is 16.0 Å². The molecule has 0 aliphatic carbocycles. The van der Waals surface area contributed by atoms with Crippen LogP contribution in [0.2, 0.25) is 0 Å². The van der Waals surface area contributed by atoms with Crippen molar-refractivity contribution in [3.63, 3.8) is 0 Å². The summed E-state index contributed by atoms with van der Waals surface area (Å²) in [6.07, 6.45) is 0.741. The van der Waals surface area contributed by atoms with E-state index in [2.05, 4.69) is 0 Å². The SMILES string of the molecule is CCCN(C)S(=O)(=O)Cc1cccc(C(=O)O)c1. The van der Waals surface area contributed by atoms with Crippen LogP contribution >= 0.6 is 0 Å². The van der Waals surface area contributed by atoms with E-state index in [0.717, 1.165) is 6.42 Å². The first-order valence-electron chi connectivity index (χ1n) is 5.63. The number of aromatic carboxylic acids is 1. The maximum atomic E-state index is 11.9. The first-order chi connectivity index (χ1) is 8.36. The van der Waals surface area contributed by atoms with Gasteiger partial charge in [-0.05, 0) is 24.1 Å². The number of sulfonamides is 1. The third-order valence-electron chi connectivity index (χ3n) is 2.54. The van der Waals surface area contributed by atoms with Gasteiger partial charge in [0, 0.05) is 13.6 Å². The van der Waals surface area contributed by atoms with E-state index in [9.17, 15) is 13.2 Å². The van der Waals surface area contributed by atoms with Gasteiger partial charge in [0.05, 0.1) is 11.3 Å². The lowest BCUT2D eigenvalue weighted by atomic mass is 10.1. The quantitative estimate of drug-likeness (QED) is 0.852. The summed E-state index contributed by atoms with van der Waals surface area (Å²) in [7, 11) is -1.85. The van der Waals surface area contributed by atoms with E-state index < -0.39 is 16.0 Å². The highest BCUT2D eigenvalue weighted by Crippen LogP contribution is 2.12. The van der Waals surface area contributed by atoms with E-state index in [0.29, 0.717) is 12.1 Å². The maximum absolute atomic E-state index is 11.9. The molecule has 0 amide bonds. The van der Waals surface area contributed by atoms with Crippen molar-refractivity contribution in [2.45, 2.75) is 19.1 Å². The molecule has 1 rings (SSSR count). The molecule has 0 atom stereocenters. The second kappa shape index (κ2) is 5.97. The minimum Gasteiger partial charge on any atom is -0.478 e. The third kappa shape index (κ3) is 3.82. The number of nitrogens with zero attached hydrogens (tertiary/aromatic N) is 1. The topological polar surface area (TPSA) is 74.7 Å². The molecular formula is C12H17NO4S. The molecule has 1 N–H and O–H groups in total. The average molecular weight is 271 g/mol. The second-order valence-corrected chi connectivity index (χ2v) is 6.16. The van der Waals surface area contributed by atoms with Crippen LogP contribution in [0.4, 0.5) is 0 Å². The molecule has 0 fully saturated rings. The fourth-order valence-electron chi connectivity index (χ4n) is 1.57. The molecular weight excluding hydrogens is 254 g/mol. The van der Waals surface area contributed by atoms with Gasteiger partial charge in [-0.25, -0.2) is 17.5 Å². The van der Waals surface area contributed by atoms with Gasteiger partial charge in [-0.1, -0.05) is 19.1 Å². The molecule has 5 nitrogen and oxygen atoms in total. The summed E-state index contributed by atoms with van der Waals surface area (Å²) < 4.78 is 25.2. The van der Waals surface area contributed by atoms with Crippen LogP contribution in [-0.2, 0) is 15.8 Å². The average Bonchev–Trinajstić information content (AvgIpc) is 2.29. The second-order valence-electron chi connectivity index (χ2n) is 4.08. The predicted octanol–water partition coefficient (Wildman–Crippen LogP) is 1.56. The summed E-state index contributed by atoms with van der Waals surface area (Å²) >= 11 is 0. The molecule has 0 saturated carbocycles. The Morgan fingerprint density at radius 3 is 2.61 bits per heavy atom. The standard InChI is InChI=1S/C12H17NO4S/c1-3-7-13(2)18(16,17)9-10-5-4-6-11(8-10)12(14)15/h4-6,8H,3,7,9H2,1-2H3,(H,14,15). The monoisotopic (exact) mass is 271 g/mol. The van der Waals surface area contributed by atoms with Crippen LogP contribution in [0.3, 0.4) is 0 Å². The minimum atomic E-state index is -3.38. The molecule has 0 spiro atoms. The van der Waals surface area contributed by atoms with E-state index in [4.69, 9.17) is 5.11 Å². The maximum Gasteiger partial charge on any atom is 0.335 e. The Kier molecular flexibility index (Phi) is 4.86. The van der Waals surface area contributed by atoms with Crippen LogP contribution in [0.1, 0.15) is 29.3 Å². The molecule has 0 heterocycles. The van der Waals surface area contributed by atoms with E-state index in [1.54, 1.807) is 12.1 Å². The van der Waals surface area contributed by atoms with Crippen molar-refractivity contribution in [1.29, 1.82) is 0 Å². The van der Waals surface area contributed by atoms with Gasteiger partial charge in [-0.3, -0.25) is 0 Å². The zero-order valence-electron chi connectivity index (χ0n) is 10.5. The number of carbonyl (C=O) groups is 1. The Hall–Kier alpha value is -1.40. The van der Waals surface area contributed by atoms with Gasteiger partial charge in [-0.15, -0.1) is 0 Å². The van der Waals surface area contributed by atoms with Crippen molar-refractivity contribution in [1.82, 2.24) is 4.31 Å². The highest BCUT2D eigenvalue weighted by Gasteiger charge is 2.18. The van der Waals surface area contributed by atoms with Gasteiger partial charge in [0.25, 0.3) is 0 Å². The minimum absolute atomic E-state index is 0.0980. The highest BCUT2D eigenvalue weighted by atomic mass is 32.2. The molecule has 1 aromatic carbocycles. The van der Waals surface area contributed by atoms with Gasteiger partial charge in [-0.2, -0.15) is 0 Å². The summed E-state index contributed by atoms with van der Waals surface area (Å²) in [5.74, 6) is -1.24. The van der Waals surface area contributed by atoms with Gasteiger partial charge < -0.3 is 5.11 Å². The van der Waals surface area contributed by atoms with Crippen LogP contribution in [0.15, 0.2) is 24.3 Å². The Balaban J connectivity index is 2.90. The Morgan fingerprint density at radius 2 is 2.06 bits per heavy atom. The molecule has 0 aliphatic heterocycles. The normalized spacial score (nSPS) is 11.7. The van der Waals surface area contributed by atoms with Crippen LogP contribution in [0, 0.1) is 0 Å². The molecule has 0 bridgehead atoms. The first kappa shape index (κ1) is 14.7. The fraction of sp³-hybridized carbons (Fsp3) is 0.417. The number of rotatable bonds is 6. The molecule has 0 aliphatic rings. The lowest BCUT2D eigenvalue weighted by Gasteiger charge is -2.16. The number of hydrogen-bond acceptors (Lipinski definition) is 3. The van der Waals surface area contributed by atoms with Crippen LogP contribution in [0.25, 0.3) is 0 Å². The summed E-state index contributed by atoms with van der Waals surface area (Å²) in [4.78, 5) is 10.8. The van der Waals surface area contributed by atoms with E-state index in [1.807, 2.05) is 6.92 Å². The van der Waals surface area contributed by atoms with Crippen LogP contribution in [-0.4, -0.2) is 37.4 Å². The van der Waals surface area contributed by atoms with E-state index >= 15 is 0 Å². The summed E-state index contributed by atoms with van der Waals surface area (Å²) in [6, 6.07) is 5.99. The Labute approximate surface area is 107 Å².